The lowest BCUT2D eigenvalue weighted by atomic mass is 10.1. The number of nitrogens with one attached hydrogen (secondary N) is 1. The minimum Gasteiger partial charge on any atom is -0.497 e. The lowest BCUT2D eigenvalue weighted by Crippen LogP contribution is -2.47. The van der Waals surface area contributed by atoms with Gasteiger partial charge in [0.15, 0.2) is 0 Å². The Morgan fingerprint density at radius 2 is 1.48 bits per heavy atom. The molecule has 1 heterocycles. The number of carbonyl (C=O) groups excluding carboxylic acids is 1. The third kappa shape index (κ3) is 6.39. The van der Waals surface area contributed by atoms with Gasteiger partial charge in [-0.05, 0) is 48.4 Å². The van der Waals surface area contributed by atoms with Crippen LogP contribution in [0.2, 0.25) is 0 Å². The Morgan fingerprint density at radius 3 is 2.07 bits per heavy atom. The summed E-state index contributed by atoms with van der Waals surface area (Å²) in [6.07, 6.45) is 1.38. The number of hydrogen-bond donors (Lipinski definition) is 1. The topological polar surface area (TPSA) is 54.0 Å². The molecule has 29 heavy (non-hydrogen) atoms. The van der Waals surface area contributed by atoms with Crippen LogP contribution in [0.3, 0.4) is 0 Å². The molecule has 1 fully saturated rings. The molecule has 1 aliphatic heterocycles. The van der Waals surface area contributed by atoms with Crippen molar-refractivity contribution in [2.45, 2.75) is 12.8 Å². The highest BCUT2D eigenvalue weighted by Crippen LogP contribution is 2.20. The van der Waals surface area contributed by atoms with Crippen molar-refractivity contribution in [3.8, 4) is 11.5 Å². The number of piperazine rings is 1. The van der Waals surface area contributed by atoms with Crippen LogP contribution in [0.1, 0.15) is 12.0 Å². The van der Waals surface area contributed by atoms with Crippen molar-refractivity contribution in [2.75, 3.05) is 58.4 Å². The molecule has 1 saturated heterocycles. The fraction of sp³-hybridized carbons (Fsp3) is 0.435. The quantitative estimate of drug-likeness (QED) is 0.705. The fourth-order valence-electron chi connectivity index (χ4n) is 3.51. The molecule has 0 bridgehead atoms. The average molecular weight is 398 g/mol. The van der Waals surface area contributed by atoms with Gasteiger partial charge < -0.3 is 19.7 Å². The molecule has 0 saturated carbocycles. The summed E-state index contributed by atoms with van der Waals surface area (Å²) < 4.78 is 10.4. The van der Waals surface area contributed by atoms with Crippen molar-refractivity contribution in [2.24, 2.45) is 0 Å². The number of nitrogens with zero attached hydrogens (tertiary/aromatic N) is 2. The smallest absolute Gasteiger partial charge is 0.221 e. The maximum atomic E-state index is 12.1. The van der Waals surface area contributed by atoms with Crippen molar-refractivity contribution in [1.82, 2.24) is 10.2 Å². The van der Waals surface area contributed by atoms with Gasteiger partial charge in [0.05, 0.1) is 14.2 Å². The second-order valence-corrected chi connectivity index (χ2v) is 7.22. The van der Waals surface area contributed by atoms with E-state index < -0.39 is 0 Å². The van der Waals surface area contributed by atoms with E-state index in [1.807, 2.05) is 36.4 Å². The normalized spacial score (nSPS) is 14.5. The molecular formula is C23H31N3O3. The number of amides is 1. The van der Waals surface area contributed by atoms with Gasteiger partial charge in [-0.25, -0.2) is 0 Å². The summed E-state index contributed by atoms with van der Waals surface area (Å²) in [7, 11) is 3.34. The molecule has 1 amide bonds. The van der Waals surface area contributed by atoms with Crippen molar-refractivity contribution in [3.05, 3.63) is 54.1 Å². The summed E-state index contributed by atoms with van der Waals surface area (Å²) in [5.41, 5.74) is 2.42. The molecule has 156 valence electrons. The Balaban J connectivity index is 1.31. The van der Waals surface area contributed by atoms with E-state index in [1.165, 1.54) is 11.3 Å². The van der Waals surface area contributed by atoms with Crippen molar-refractivity contribution in [3.63, 3.8) is 0 Å². The van der Waals surface area contributed by atoms with Crippen molar-refractivity contribution >= 4 is 11.6 Å². The molecule has 2 aromatic carbocycles. The molecule has 6 heteroatoms. The van der Waals surface area contributed by atoms with E-state index in [-0.39, 0.29) is 5.91 Å². The molecule has 6 nitrogen and oxygen atoms in total. The summed E-state index contributed by atoms with van der Waals surface area (Å²) in [6, 6.07) is 16.2. The summed E-state index contributed by atoms with van der Waals surface area (Å²) in [4.78, 5) is 16.9. The van der Waals surface area contributed by atoms with Crippen LogP contribution in [-0.4, -0.2) is 64.3 Å². The first-order valence-corrected chi connectivity index (χ1v) is 10.2. The van der Waals surface area contributed by atoms with Crippen LogP contribution in [0, 0.1) is 0 Å². The van der Waals surface area contributed by atoms with Gasteiger partial charge in [0.25, 0.3) is 0 Å². The summed E-state index contributed by atoms with van der Waals surface area (Å²) in [5.74, 6) is 1.85. The zero-order valence-corrected chi connectivity index (χ0v) is 17.4. The summed E-state index contributed by atoms with van der Waals surface area (Å²) >= 11 is 0. The highest BCUT2D eigenvalue weighted by Gasteiger charge is 2.17. The number of ether oxygens (including phenoxy) is 2. The Kier molecular flexibility index (Phi) is 7.76. The van der Waals surface area contributed by atoms with Crippen LogP contribution in [0.25, 0.3) is 0 Å². The van der Waals surface area contributed by atoms with Crippen LogP contribution in [0.15, 0.2) is 48.5 Å². The van der Waals surface area contributed by atoms with E-state index in [9.17, 15) is 4.79 Å². The van der Waals surface area contributed by atoms with Crippen LogP contribution < -0.4 is 19.7 Å². The Labute approximate surface area is 173 Å². The molecule has 0 spiro atoms. The fourth-order valence-corrected chi connectivity index (χ4v) is 3.51. The zero-order valence-electron chi connectivity index (χ0n) is 17.4. The number of rotatable bonds is 9. The number of carbonyl (C=O) groups is 1. The van der Waals surface area contributed by atoms with Crippen LogP contribution in [0.5, 0.6) is 11.5 Å². The highest BCUT2D eigenvalue weighted by molar-refractivity contribution is 5.76. The van der Waals surface area contributed by atoms with Crippen molar-refractivity contribution in [1.29, 1.82) is 0 Å². The van der Waals surface area contributed by atoms with Gasteiger partial charge in [-0.1, -0.05) is 12.1 Å². The SMILES string of the molecule is COc1ccc(CCNC(=O)CCN2CCN(c3ccc(OC)cc3)CC2)cc1. The summed E-state index contributed by atoms with van der Waals surface area (Å²) in [6.45, 7) is 5.38. The highest BCUT2D eigenvalue weighted by atomic mass is 16.5. The molecule has 3 rings (SSSR count). The molecule has 0 unspecified atom stereocenters. The van der Waals surface area contributed by atoms with Gasteiger partial charge >= 0.3 is 0 Å². The van der Waals surface area contributed by atoms with Gasteiger partial charge in [-0.15, -0.1) is 0 Å². The van der Waals surface area contributed by atoms with E-state index in [2.05, 4.69) is 27.2 Å². The third-order valence-corrected chi connectivity index (χ3v) is 5.36. The first-order chi connectivity index (χ1) is 14.2. The van der Waals surface area contributed by atoms with Crippen LogP contribution in [0.4, 0.5) is 5.69 Å². The average Bonchev–Trinajstić information content (AvgIpc) is 2.78. The molecule has 0 aliphatic carbocycles. The molecule has 2 aromatic rings. The second-order valence-electron chi connectivity index (χ2n) is 7.22. The minimum absolute atomic E-state index is 0.121. The maximum absolute atomic E-state index is 12.1. The Hall–Kier alpha value is -2.73. The maximum Gasteiger partial charge on any atom is 0.221 e. The molecule has 0 radical (unpaired) electrons. The van der Waals surface area contributed by atoms with Crippen LogP contribution >= 0.6 is 0 Å². The van der Waals surface area contributed by atoms with Gasteiger partial charge in [0.1, 0.15) is 11.5 Å². The van der Waals surface area contributed by atoms with Crippen LogP contribution in [-0.2, 0) is 11.2 Å². The molecular weight excluding hydrogens is 366 g/mol. The minimum atomic E-state index is 0.121. The van der Waals surface area contributed by atoms with E-state index in [4.69, 9.17) is 9.47 Å². The number of benzene rings is 2. The largest absolute Gasteiger partial charge is 0.497 e. The number of hydrogen-bond acceptors (Lipinski definition) is 5. The predicted molar refractivity (Wildman–Crippen MR) is 116 cm³/mol. The van der Waals surface area contributed by atoms with Gasteiger partial charge in [0.2, 0.25) is 5.91 Å². The Bertz CT molecular complexity index is 754. The van der Waals surface area contributed by atoms with E-state index in [1.54, 1.807) is 14.2 Å². The molecule has 0 atom stereocenters. The number of anilines is 1. The standard InChI is InChI=1S/C23H31N3O3/c1-28-21-7-3-19(4-8-21)11-13-24-23(27)12-14-25-15-17-26(18-16-25)20-5-9-22(29-2)10-6-20/h3-10H,11-18H2,1-2H3,(H,24,27). The summed E-state index contributed by atoms with van der Waals surface area (Å²) in [5, 5.41) is 3.03. The zero-order chi connectivity index (χ0) is 20.5. The predicted octanol–water partition coefficient (Wildman–Crippen LogP) is 2.57. The van der Waals surface area contributed by atoms with Gasteiger partial charge in [-0.3, -0.25) is 9.69 Å². The van der Waals surface area contributed by atoms with E-state index >= 15 is 0 Å². The number of methoxy groups -OCH3 is 2. The first-order valence-electron chi connectivity index (χ1n) is 10.2. The van der Waals surface area contributed by atoms with E-state index in [0.717, 1.165) is 50.6 Å². The monoisotopic (exact) mass is 397 g/mol. The van der Waals surface area contributed by atoms with E-state index in [0.29, 0.717) is 13.0 Å². The molecule has 1 N–H and O–H groups in total. The Morgan fingerprint density at radius 1 is 0.897 bits per heavy atom. The third-order valence-electron chi connectivity index (χ3n) is 5.36. The lowest BCUT2D eigenvalue weighted by Gasteiger charge is -2.36. The molecule has 1 aliphatic rings. The van der Waals surface area contributed by atoms with Gasteiger partial charge in [-0.2, -0.15) is 0 Å². The van der Waals surface area contributed by atoms with Crippen molar-refractivity contribution < 1.29 is 14.3 Å². The second kappa shape index (κ2) is 10.7. The molecule has 0 aromatic heterocycles. The van der Waals surface area contributed by atoms with Gasteiger partial charge in [0, 0.05) is 51.4 Å². The first kappa shape index (κ1) is 21.0. The lowest BCUT2D eigenvalue weighted by molar-refractivity contribution is -0.121.